The average molecular weight is 420 g/mol. The van der Waals surface area contributed by atoms with Crippen molar-refractivity contribution in [2.45, 2.75) is 12.5 Å². The number of aromatic nitrogens is 1. The predicted octanol–water partition coefficient (Wildman–Crippen LogP) is 2.24. The summed E-state index contributed by atoms with van der Waals surface area (Å²) in [6.07, 6.45) is 2.71. The van der Waals surface area contributed by atoms with E-state index in [1.165, 1.54) is 6.07 Å². The fourth-order valence-corrected chi connectivity index (χ4v) is 3.59. The molecular weight excluding hydrogens is 402 g/mol. The van der Waals surface area contributed by atoms with Gasteiger partial charge in [0.15, 0.2) is 0 Å². The largest absolute Gasteiger partial charge is 0.361 e. The fourth-order valence-electron chi connectivity index (χ4n) is 2.86. The van der Waals surface area contributed by atoms with E-state index in [-0.39, 0.29) is 17.0 Å². The number of nitrogens with one attached hydrogen (secondary N) is 3. The van der Waals surface area contributed by atoms with Gasteiger partial charge >= 0.3 is 0 Å². The van der Waals surface area contributed by atoms with Crippen LogP contribution in [-0.4, -0.2) is 37.5 Å². The van der Waals surface area contributed by atoms with Gasteiger partial charge in [-0.1, -0.05) is 41.9 Å². The highest BCUT2D eigenvalue weighted by molar-refractivity contribution is 7.89. The molecular formula is C19H18ClN3O4S. The summed E-state index contributed by atoms with van der Waals surface area (Å²) in [5.41, 5.74) is 1.83. The Balaban J connectivity index is 1.89. The van der Waals surface area contributed by atoms with Crippen molar-refractivity contribution in [1.29, 1.82) is 0 Å². The highest BCUT2D eigenvalue weighted by Gasteiger charge is 2.26. The molecule has 2 aromatic carbocycles. The fraction of sp³-hybridized carbons (Fsp3) is 0.158. The summed E-state index contributed by atoms with van der Waals surface area (Å²) >= 11 is 6.05. The van der Waals surface area contributed by atoms with Crippen LogP contribution >= 0.6 is 11.6 Å². The lowest BCUT2D eigenvalue weighted by Crippen LogP contribution is -2.49. The Bertz CT molecular complexity index is 1140. The van der Waals surface area contributed by atoms with E-state index >= 15 is 0 Å². The van der Waals surface area contributed by atoms with Crippen LogP contribution in [0.1, 0.15) is 15.9 Å². The maximum atomic E-state index is 12.6. The summed E-state index contributed by atoms with van der Waals surface area (Å²) in [5.74, 6) is -1.40. The van der Waals surface area contributed by atoms with E-state index in [4.69, 9.17) is 11.6 Å². The van der Waals surface area contributed by atoms with Crippen molar-refractivity contribution in [2.24, 2.45) is 0 Å². The van der Waals surface area contributed by atoms with Gasteiger partial charge in [0.1, 0.15) is 6.04 Å². The Morgan fingerprint density at radius 2 is 1.79 bits per heavy atom. The van der Waals surface area contributed by atoms with Crippen LogP contribution in [-0.2, 0) is 21.2 Å². The summed E-state index contributed by atoms with van der Waals surface area (Å²) < 4.78 is 24.9. The highest BCUT2D eigenvalue weighted by Crippen LogP contribution is 2.20. The third kappa shape index (κ3) is 4.71. The van der Waals surface area contributed by atoms with Crippen LogP contribution in [0.25, 0.3) is 10.9 Å². The molecule has 0 aliphatic carbocycles. The second-order valence-electron chi connectivity index (χ2n) is 6.31. The first-order chi connectivity index (χ1) is 13.2. The van der Waals surface area contributed by atoms with E-state index < -0.39 is 27.9 Å². The summed E-state index contributed by atoms with van der Waals surface area (Å²) in [6, 6.07) is 12.8. The Labute approximate surface area is 167 Å². The van der Waals surface area contributed by atoms with Crippen LogP contribution in [0.2, 0.25) is 5.02 Å². The zero-order valence-electron chi connectivity index (χ0n) is 14.9. The minimum atomic E-state index is -3.78. The SMILES string of the molecule is CS(=O)(=O)NC(=O)C(Cc1c[nH]c2ccccc12)NC(=O)c1ccccc1Cl. The number of amides is 2. The van der Waals surface area contributed by atoms with Crippen molar-refractivity contribution in [3.8, 4) is 0 Å². The number of hydrogen-bond acceptors (Lipinski definition) is 4. The molecule has 0 fully saturated rings. The second kappa shape index (κ2) is 8.04. The number of halogens is 1. The Kier molecular flexibility index (Phi) is 5.71. The second-order valence-corrected chi connectivity index (χ2v) is 8.46. The Morgan fingerprint density at radius 1 is 1.11 bits per heavy atom. The maximum absolute atomic E-state index is 12.6. The minimum absolute atomic E-state index is 0.0988. The van der Waals surface area contributed by atoms with Crippen molar-refractivity contribution in [3.05, 3.63) is 70.9 Å². The highest BCUT2D eigenvalue weighted by atomic mass is 35.5. The molecule has 0 aliphatic rings. The molecule has 0 spiro atoms. The van der Waals surface area contributed by atoms with E-state index in [9.17, 15) is 18.0 Å². The van der Waals surface area contributed by atoms with E-state index in [2.05, 4.69) is 10.3 Å². The normalized spacial score (nSPS) is 12.5. The maximum Gasteiger partial charge on any atom is 0.256 e. The van der Waals surface area contributed by atoms with Crippen molar-refractivity contribution < 1.29 is 18.0 Å². The quantitative estimate of drug-likeness (QED) is 0.569. The van der Waals surface area contributed by atoms with E-state index in [0.29, 0.717) is 0 Å². The topological polar surface area (TPSA) is 108 Å². The molecule has 1 unspecified atom stereocenters. The number of benzene rings is 2. The molecule has 3 N–H and O–H groups in total. The number of H-pyrrole nitrogens is 1. The van der Waals surface area contributed by atoms with Gasteiger partial charge in [-0.3, -0.25) is 14.3 Å². The molecule has 28 heavy (non-hydrogen) atoms. The third-order valence-corrected chi connectivity index (χ3v) is 5.03. The average Bonchev–Trinajstić information content (AvgIpc) is 3.03. The molecule has 1 heterocycles. The van der Waals surface area contributed by atoms with Gasteiger partial charge < -0.3 is 10.3 Å². The van der Waals surface area contributed by atoms with Gasteiger partial charge in [0.2, 0.25) is 10.0 Å². The molecule has 0 aliphatic heterocycles. The smallest absolute Gasteiger partial charge is 0.256 e. The van der Waals surface area contributed by atoms with Crippen molar-refractivity contribution in [3.63, 3.8) is 0 Å². The zero-order valence-corrected chi connectivity index (χ0v) is 16.5. The van der Waals surface area contributed by atoms with Gasteiger partial charge in [0.05, 0.1) is 16.8 Å². The number of hydrogen-bond donors (Lipinski definition) is 3. The number of fused-ring (bicyclic) bond motifs is 1. The van der Waals surface area contributed by atoms with Gasteiger partial charge in [-0.25, -0.2) is 8.42 Å². The van der Waals surface area contributed by atoms with Crippen LogP contribution in [0.5, 0.6) is 0 Å². The molecule has 3 rings (SSSR count). The first-order valence-electron chi connectivity index (χ1n) is 8.36. The predicted molar refractivity (Wildman–Crippen MR) is 108 cm³/mol. The van der Waals surface area contributed by atoms with E-state index in [1.807, 2.05) is 29.0 Å². The number of sulfonamides is 1. The number of para-hydroxylation sites is 1. The van der Waals surface area contributed by atoms with Crippen LogP contribution in [0, 0.1) is 0 Å². The number of rotatable bonds is 6. The summed E-state index contributed by atoms with van der Waals surface area (Å²) in [4.78, 5) is 28.2. The Hall–Kier alpha value is -2.84. The zero-order chi connectivity index (χ0) is 20.3. The van der Waals surface area contributed by atoms with Crippen molar-refractivity contribution in [1.82, 2.24) is 15.0 Å². The summed E-state index contributed by atoms with van der Waals surface area (Å²) in [6.45, 7) is 0. The summed E-state index contributed by atoms with van der Waals surface area (Å²) in [7, 11) is -3.78. The lowest BCUT2D eigenvalue weighted by atomic mass is 10.0. The lowest BCUT2D eigenvalue weighted by molar-refractivity contribution is -0.121. The number of carbonyl (C=O) groups is 2. The molecule has 1 aromatic heterocycles. The van der Waals surface area contributed by atoms with E-state index in [1.54, 1.807) is 24.4 Å². The van der Waals surface area contributed by atoms with E-state index in [0.717, 1.165) is 22.7 Å². The standard InChI is InChI=1S/C19H18ClN3O4S/c1-28(26,27)23-19(25)17(22-18(24)14-7-2-4-8-15(14)20)10-12-11-21-16-9-5-3-6-13(12)16/h2-9,11,17,21H,10H2,1H3,(H,22,24)(H,23,25). The Morgan fingerprint density at radius 3 is 2.50 bits per heavy atom. The van der Waals surface area contributed by atoms with Gasteiger partial charge in [-0.15, -0.1) is 0 Å². The third-order valence-electron chi connectivity index (χ3n) is 4.13. The monoisotopic (exact) mass is 419 g/mol. The van der Waals surface area contributed by atoms with Crippen LogP contribution in [0.4, 0.5) is 0 Å². The molecule has 146 valence electrons. The number of aromatic amines is 1. The van der Waals surface area contributed by atoms with Gasteiger partial charge in [0.25, 0.3) is 11.8 Å². The molecule has 7 nitrogen and oxygen atoms in total. The lowest BCUT2D eigenvalue weighted by Gasteiger charge is -2.18. The minimum Gasteiger partial charge on any atom is -0.361 e. The molecule has 2 amide bonds. The van der Waals surface area contributed by atoms with Gasteiger partial charge in [-0.2, -0.15) is 0 Å². The molecule has 0 radical (unpaired) electrons. The van der Waals surface area contributed by atoms with Crippen molar-refractivity contribution >= 4 is 44.3 Å². The van der Waals surface area contributed by atoms with Crippen LogP contribution < -0.4 is 10.0 Å². The molecule has 0 saturated heterocycles. The van der Waals surface area contributed by atoms with Crippen LogP contribution in [0.3, 0.4) is 0 Å². The van der Waals surface area contributed by atoms with Crippen molar-refractivity contribution in [2.75, 3.05) is 6.26 Å². The number of carbonyl (C=O) groups excluding carboxylic acids is 2. The molecule has 0 bridgehead atoms. The van der Waals surface area contributed by atoms with Gasteiger partial charge in [-0.05, 0) is 23.8 Å². The first kappa shape index (κ1) is 19.9. The van der Waals surface area contributed by atoms with Crippen LogP contribution in [0.15, 0.2) is 54.7 Å². The molecule has 0 saturated carbocycles. The first-order valence-corrected chi connectivity index (χ1v) is 10.6. The van der Waals surface area contributed by atoms with Gasteiger partial charge in [0, 0.05) is 23.5 Å². The molecule has 3 aromatic rings. The molecule has 9 heteroatoms. The molecule has 1 atom stereocenters. The summed E-state index contributed by atoms with van der Waals surface area (Å²) in [5, 5.41) is 3.70.